The third-order valence-electron chi connectivity index (χ3n) is 4.72. The predicted octanol–water partition coefficient (Wildman–Crippen LogP) is 5.33. The van der Waals surface area contributed by atoms with Crippen molar-refractivity contribution in [3.63, 3.8) is 0 Å². The second kappa shape index (κ2) is 8.31. The lowest BCUT2D eigenvalue weighted by Gasteiger charge is -2.17. The molecule has 28 heavy (non-hydrogen) atoms. The van der Waals surface area contributed by atoms with Crippen LogP contribution >= 0.6 is 11.6 Å². The van der Waals surface area contributed by atoms with Crippen LogP contribution in [0.15, 0.2) is 66.9 Å². The number of anilines is 4. The van der Waals surface area contributed by atoms with E-state index in [0.29, 0.717) is 16.3 Å². The predicted molar refractivity (Wildman–Crippen MR) is 115 cm³/mol. The van der Waals surface area contributed by atoms with Crippen molar-refractivity contribution in [2.24, 2.45) is 0 Å². The zero-order valence-corrected chi connectivity index (χ0v) is 16.1. The van der Waals surface area contributed by atoms with Crippen LogP contribution in [-0.2, 0) is 0 Å². The van der Waals surface area contributed by atoms with Gasteiger partial charge in [-0.25, -0.2) is 4.98 Å². The van der Waals surface area contributed by atoms with Crippen molar-refractivity contribution in [3.05, 3.63) is 77.4 Å². The lowest BCUT2D eigenvalue weighted by molar-refractivity contribution is 0.102. The van der Waals surface area contributed by atoms with E-state index >= 15 is 0 Å². The molecule has 0 bridgehead atoms. The fraction of sp³-hybridized carbons (Fsp3) is 0.182. The van der Waals surface area contributed by atoms with E-state index in [2.05, 4.69) is 44.8 Å². The van der Waals surface area contributed by atoms with E-state index in [1.54, 1.807) is 30.5 Å². The first-order valence-electron chi connectivity index (χ1n) is 9.32. The highest BCUT2D eigenvalue weighted by Gasteiger charge is 2.12. The molecule has 2 aromatic carbocycles. The number of aromatic nitrogens is 1. The Morgan fingerprint density at radius 1 is 0.964 bits per heavy atom. The van der Waals surface area contributed by atoms with E-state index in [9.17, 15) is 4.79 Å². The van der Waals surface area contributed by atoms with Gasteiger partial charge >= 0.3 is 0 Å². The van der Waals surface area contributed by atoms with Gasteiger partial charge in [-0.3, -0.25) is 4.79 Å². The second-order valence-corrected chi connectivity index (χ2v) is 7.20. The molecule has 2 N–H and O–H groups in total. The monoisotopic (exact) mass is 392 g/mol. The molecule has 0 saturated carbocycles. The summed E-state index contributed by atoms with van der Waals surface area (Å²) in [5.41, 5.74) is 3.37. The fourth-order valence-corrected chi connectivity index (χ4v) is 3.44. The lowest BCUT2D eigenvalue weighted by Crippen LogP contribution is -2.17. The van der Waals surface area contributed by atoms with Crippen molar-refractivity contribution in [1.29, 1.82) is 0 Å². The molecule has 4 rings (SSSR count). The van der Waals surface area contributed by atoms with Crippen LogP contribution in [-0.4, -0.2) is 24.0 Å². The number of carbonyl (C=O) groups excluding carboxylic acids is 1. The van der Waals surface area contributed by atoms with Crippen molar-refractivity contribution < 1.29 is 4.79 Å². The van der Waals surface area contributed by atoms with E-state index in [-0.39, 0.29) is 5.91 Å². The minimum atomic E-state index is -0.220. The molecule has 142 valence electrons. The fourth-order valence-electron chi connectivity index (χ4n) is 3.25. The summed E-state index contributed by atoms with van der Waals surface area (Å²) in [7, 11) is 0. The molecule has 3 aromatic rings. The number of benzene rings is 2. The first-order chi connectivity index (χ1) is 13.7. The Kier molecular flexibility index (Phi) is 5.44. The molecule has 0 spiro atoms. The zero-order valence-electron chi connectivity index (χ0n) is 15.4. The van der Waals surface area contributed by atoms with E-state index in [0.717, 1.165) is 24.6 Å². The highest BCUT2D eigenvalue weighted by Crippen LogP contribution is 2.24. The summed E-state index contributed by atoms with van der Waals surface area (Å²) in [4.78, 5) is 19.0. The Balaban J connectivity index is 1.37. The molecule has 0 atom stereocenters. The van der Waals surface area contributed by atoms with E-state index in [1.807, 2.05) is 12.1 Å². The van der Waals surface area contributed by atoms with E-state index in [4.69, 9.17) is 11.6 Å². The summed E-state index contributed by atoms with van der Waals surface area (Å²) >= 11 is 5.93. The molecule has 1 aromatic heterocycles. The summed E-state index contributed by atoms with van der Waals surface area (Å²) in [6.07, 6.45) is 4.16. The van der Waals surface area contributed by atoms with Crippen LogP contribution in [0.5, 0.6) is 0 Å². The van der Waals surface area contributed by atoms with Gasteiger partial charge in [0, 0.05) is 35.1 Å². The molecule has 1 aliphatic heterocycles. The van der Waals surface area contributed by atoms with Gasteiger partial charge in [0.1, 0.15) is 5.82 Å². The number of halogens is 1. The average molecular weight is 393 g/mol. The van der Waals surface area contributed by atoms with Crippen LogP contribution in [0.25, 0.3) is 0 Å². The largest absolute Gasteiger partial charge is 0.372 e. The number of hydrogen-bond donors (Lipinski definition) is 2. The number of carbonyl (C=O) groups is 1. The summed E-state index contributed by atoms with van der Waals surface area (Å²) in [6, 6.07) is 18.9. The van der Waals surface area contributed by atoms with Gasteiger partial charge in [0.15, 0.2) is 0 Å². The highest BCUT2D eigenvalue weighted by molar-refractivity contribution is 6.31. The Labute approximate surface area is 169 Å². The number of hydrogen-bond acceptors (Lipinski definition) is 4. The molecule has 6 heteroatoms. The van der Waals surface area contributed by atoms with Gasteiger partial charge in [0.05, 0.1) is 11.9 Å². The van der Waals surface area contributed by atoms with Gasteiger partial charge in [0.2, 0.25) is 0 Å². The summed E-state index contributed by atoms with van der Waals surface area (Å²) < 4.78 is 0. The summed E-state index contributed by atoms with van der Waals surface area (Å²) in [6.45, 7) is 2.27. The molecule has 0 aliphatic carbocycles. The first-order valence-corrected chi connectivity index (χ1v) is 9.70. The van der Waals surface area contributed by atoms with Crippen molar-refractivity contribution in [1.82, 2.24) is 4.98 Å². The minimum Gasteiger partial charge on any atom is -0.372 e. The number of nitrogens with zero attached hydrogens (tertiary/aromatic N) is 2. The molecular formula is C22H21ClN4O. The van der Waals surface area contributed by atoms with Crippen molar-refractivity contribution >= 4 is 40.4 Å². The average Bonchev–Trinajstić information content (AvgIpc) is 3.25. The van der Waals surface area contributed by atoms with Gasteiger partial charge in [-0.15, -0.1) is 0 Å². The van der Waals surface area contributed by atoms with Crippen molar-refractivity contribution in [2.45, 2.75) is 12.8 Å². The number of nitrogens with one attached hydrogen (secondary N) is 2. The molecule has 1 fully saturated rings. The molecule has 5 nitrogen and oxygen atoms in total. The Bertz CT molecular complexity index is 951. The Morgan fingerprint density at radius 3 is 2.39 bits per heavy atom. The molecule has 1 saturated heterocycles. The number of rotatable bonds is 5. The first kappa shape index (κ1) is 18.3. The molecule has 1 amide bonds. The van der Waals surface area contributed by atoms with Crippen molar-refractivity contribution in [3.8, 4) is 0 Å². The third kappa shape index (κ3) is 4.43. The van der Waals surface area contributed by atoms with Crippen molar-refractivity contribution in [2.75, 3.05) is 28.6 Å². The smallest absolute Gasteiger partial charge is 0.255 e. The molecular weight excluding hydrogens is 372 g/mol. The van der Waals surface area contributed by atoms with Gasteiger partial charge < -0.3 is 15.5 Å². The summed E-state index contributed by atoms with van der Waals surface area (Å²) in [5, 5.41) is 6.63. The maximum Gasteiger partial charge on any atom is 0.255 e. The van der Waals surface area contributed by atoms with Crippen LogP contribution in [0.1, 0.15) is 23.2 Å². The minimum absolute atomic E-state index is 0.220. The molecule has 2 heterocycles. The summed E-state index contributed by atoms with van der Waals surface area (Å²) in [5.74, 6) is 0.497. The molecule has 1 aliphatic rings. The van der Waals surface area contributed by atoms with Gasteiger partial charge in [-0.2, -0.15) is 0 Å². The van der Waals surface area contributed by atoms with E-state index in [1.165, 1.54) is 18.5 Å². The standard InChI is InChI=1S/C22H21ClN4O/c23-17-5-3-4-16(14-17)22(28)26-19-8-11-21(24-15-19)25-18-6-9-20(10-7-18)27-12-1-2-13-27/h3-11,14-15H,1-2,12-13H2,(H,24,25)(H,26,28). The second-order valence-electron chi connectivity index (χ2n) is 6.76. The Morgan fingerprint density at radius 2 is 1.71 bits per heavy atom. The van der Waals surface area contributed by atoms with Crippen LogP contribution in [0.2, 0.25) is 5.02 Å². The maximum atomic E-state index is 12.3. The lowest BCUT2D eigenvalue weighted by atomic mass is 10.2. The van der Waals surface area contributed by atoms with Gasteiger partial charge in [0.25, 0.3) is 5.91 Å². The number of pyridine rings is 1. The zero-order chi connectivity index (χ0) is 19.3. The topological polar surface area (TPSA) is 57.3 Å². The molecule has 0 unspecified atom stereocenters. The highest BCUT2D eigenvalue weighted by atomic mass is 35.5. The van der Waals surface area contributed by atoms with Gasteiger partial charge in [-0.05, 0) is 67.4 Å². The Hall–Kier alpha value is -3.05. The van der Waals surface area contributed by atoms with E-state index < -0.39 is 0 Å². The quantitative estimate of drug-likeness (QED) is 0.616. The SMILES string of the molecule is O=C(Nc1ccc(Nc2ccc(N3CCCC3)cc2)nc1)c1cccc(Cl)c1. The third-order valence-corrected chi connectivity index (χ3v) is 4.95. The van der Waals surface area contributed by atoms with Crippen LogP contribution in [0.3, 0.4) is 0 Å². The number of amides is 1. The van der Waals surface area contributed by atoms with Crippen LogP contribution in [0, 0.1) is 0 Å². The van der Waals surface area contributed by atoms with Crippen LogP contribution < -0.4 is 15.5 Å². The maximum absolute atomic E-state index is 12.3. The van der Waals surface area contributed by atoms with Crippen LogP contribution in [0.4, 0.5) is 22.9 Å². The van der Waals surface area contributed by atoms with Gasteiger partial charge in [-0.1, -0.05) is 17.7 Å². The normalized spacial score (nSPS) is 13.4. The molecule has 0 radical (unpaired) electrons.